The number of hydrogen-bond acceptors (Lipinski definition) is 4. The average molecular weight is 268 g/mol. The molecule has 2 rings (SSSR count). The molecule has 0 spiro atoms. The van der Waals surface area contributed by atoms with E-state index in [-0.39, 0.29) is 0 Å². The van der Waals surface area contributed by atoms with Crippen molar-refractivity contribution in [1.82, 2.24) is 20.0 Å². The van der Waals surface area contributed by atoms with Gasteiger partial charge in [-0.3, -0.25) is 4.98 Å². The molecule has 0 aliphatic rings. The number of aromatic nitrogens is 4. The van der Waals surface area contributed by atoms with Crippen LogP contribution >= 0.6 is 15.9 Å². The van der Waals surface area contributed by atoms with Gasteiger partial charge >= 0.3 is 0 Å². The van der Waals surface area contributed by atoms with E-state index in [1.54, 1.807) is 17.1 Å². The zero-order chi connectivity index (χ0) is 10.7. The minimum atomic E-state index is 0.443. The Morgan fingerprint density at radius 2 is 2.27 bits per heavy atom. The van der Waals surface area contributed by atoms with Crippen molar-refractivity contribution in [2.24, 2.45) is 0 Å². The smallest absolute Gasteiger partial charge is 0.165 e. The highest BCUT2D eigenvalue weighted by atomic mass is 79.9. The predicted octanol–water partition coefficient (Wildman–Crippen LogP) is 1.26. The van der Waals surface area contributed by atoms with Gasteiger partial charge in [0.2, 0.25) is 0 Å². The van der Waals surface area contributed by atoms with Crippen LogP contribution in [0, 0.1) is 0 Å². The number of anilines is 1. The molecule has 2 heterocycles. The number of aryl methyl sites for hydroxylation is 2. The van der Waals surface area contributed by atoms with Crippen molar-refractivity contribution in [2.75, 3.05) is 5.73 Å². The van der Waals surface area contributed by atoms with E-state index in [2.05, 4.69) is 31.2 Å². The summed E-state index contributed by atoms with van der Waals surface area (Å²) in [5.74, 6) is 0.443. The highest BCUT2D eigenvalue weighted by molar-refractivity contribution is 9.10. The van der Waals surface area contributed by atoms with Gasteiger partial charge in [0, 0.05) is 29.3 Å². The van der Waals surface area contributed by atoms with E-state index in [1.165, 1.54) is 0 Å². The van der Waals surface area contributed by atoms with Crippen LogP contribution in [-0.2, 0) is 13.0 Å². The summed E-state index contributed by atoms with van der Waals surface area (Å²) >= 11 is 3.34. The Hall–Kier alpha value is -1.43. The summed E-state index contributed by atoms with van der Waals surface area (Å²) in [5.41, 5.74) is 6.47. The summed E-state index contributed by atoms with van der Waals surface area (Å²) in [6.07, 6.45) is 4.31. The molecule has 78 valence electrons. The highest BCUT2D eigenvalue weighted by Gasteiger charge is 1.98. The molecule has 0 unspecified atom stereocenters. The van der Waals surface area contributed by atoms with Gasteiger partial charge in [0.25, 0.3) is 0 Å². The molecule has 5 nitrogen and oxygen atoms in total. The molecule has 0 aromatic carbocycles. The predicted molar refractivity (Wildman–Crippen MR) is 60.1 cm³/mol. The van der Waals surface area contributed by atoms with Crippen molar-refractivity contribution >= 4 is 21.7 Å². The minimum absolute atomic E-state index is 0.443. The third kappa shape index (κ3) is 2.76. The van der Waals surface area contributed by atoms with Crippen molar-refractivity contribution in [2.45, 2.75) is 13.0 Å². The van der Waals surface area contributed by atoms with E-state index >= 15 is 0 Å². The maximum atomic E-state index is 5.45. The fraction of sp³-hybridized carbons (Fsp3) is 0.222. The van der Waals surface area contributed by atoms with Crippen LogP contribution in [0.1, 0.15) is 5.69 Å². The van der Waals surface area contributed by atoms with Crippen molar-refractivity contribution in [3.63, 3.8) is 0 Å². The van der Waals surface area contributed by atoms with E-state index in [0.717, 1.165) is 23.1 Å². The zero-order valence-electron chi connectivity index (χ0n) is 7.97. The number of nitrogens with two attached hydrogens (primary N) is 1. The topological polar surface area (TPSA) is 69.6 Å². The number of hydrogen-bond donors (Lipinski definition) is 1. The van der Waals surface area contributed by atoms with E-state index in [4.69, 9.17) is 5.73 Å². The van der Waals surface area contributed by atoms with Crippen molar-refractivity contribution in [3.8, 4) is 0 Å². The minimum Gasteiger partial charge on any atom is -0.381 e. The maximum Gasteiger partial charge on any atom is 0.165 e. The third-order valence-electron chi connectivity index (χ3n) is 1.94. The first kappa shape index (κ1) is 10.1. The summed E-state index contributed by atoms with van der Waals surface area (Å²) < 4.78 is 2.69. The molecule has 0 aliphatic carbocycles. The average Bonchev–Trinajstić information content (AvgIpc) is 2.64. The summed E-state index contributed by atoms with van der Waals surface area (Å²) in [5, 5.41) is 7.56. The summed E-state index contributed by atoms with van der Waals surface area (Å²) in [6, 6.07) is 3.95. The maximum absolute atomic E-state index is 5.45. The van der Waals surface area contributed by atoms with Gasteiger partial charge in [0.15, 0.2) is 5.82 Å². The first-order valence-corrected chi connectivity index (χ1v) is 5.29. The molecular formula is C9H10BrN5. The molecule has 2 aromatic rings. The van der Waals surface area contributed by atoms with Crippen molar-refractivity contribution in [1.29, 1.82) is 0 Å². The molecule has 0 saturated carbocycles. The van der Waals surface area contributed by atoms with Crippen LogP contribution in [0.4, 0.5) is 5.82 Å². The van der Waals surface area contributed by atoms with Crippen LogP contribution in [-0.4, -0.2) is 20.0 Å². The molecule has 15 heavy (non-hydrogen) atoms. The Morgan fingerprint density at radius 1 is 1.40 bits per heavy atom. The number of pyridine rings is 1. The normalized spacial score (nSPS) is 10.5. The molecule has 0 saturated heterocycles. The number of nitrogen functional groups attached to an aromatic ring is 1. The van der Waals surface area contributed by atoms with Crippen LogP contribution in [0.25, 0.3) is 0 Å². The van der Waals surface area contributed by atoms with Gasteiger partial charge in [0.1, 0.15) is 0 Å². The molecule has 2 N–H and O–H groups in total. The van der Waals surface area contributed by atoms with Gasteiger partial charge in [-0.1, -0.05) is 5.21 Å². The fourth-order valence-corrected chi connectivity index (χ4v) is 1.44. The van der Waals surface area contributed by atoms with Crippen LogP contribution in [0.3, 0.4) is 0 Å². The molecular weight excluding hydrogens is 258 g/mol. The molecule has 0 aliphatic heterocycles. The number of halogens is 1. The van der Waals surface area contributed by atoms with Gasteiger partial charge in [-0.15, -0.1) is 5.10 Å². The standard InChI is InChI=1S/C9H10BrN5/c10-7-1-2-8(12-5-7)3-4-15-6-9(11)13-14-15/h1-2,5-6H,3-4,11H2. The van der Waals surface area contributed by atoms with Crippen molar-refractivity contribution < 1.29 is 0 Å². The summed E-state index contributed by atoms with van der Waals surface area (Å²) in [7, 11) is 0. The van der Waals surface area contributed by atoms with Gasteiger partial charge < -0.3 is 5.73 Å². The van der Waals surface area contributed by atoms with Crippen molar-refractivity contribution in [3.05, 3.63) is 34.7 Å². The quantitative estimate of drug-likeness (QED) is 0.909. The Kier molecular flexibility index (Phi) is 2.96. The van der Waals surface area contributed by atoms with Gasteiger partial charge in [-0.05, 0) is 28.1 Å². The third-order valence-corrected chi connectivity index (χ3v) is 2.41. The molecule has 6 heteroatoms. The molecule has 0 fully saturated rings. The first-order chi connectivity index (χ1) is 7.24. The fourth-order valence-electron chi connectivity index (χ4n) is 1.21. The molecule has 0 radical (unpaired) electrons. The Morgan fingerprint density at radius 3 is 2.87 bits per heavy atom. The van der Waals surface area contributed by atoms with E-state index < -0.39 is 0 Å². The Labute approximate surface area is 95.4 Å². The SMILES string of the molecule is Nc1cn(CCc2ccc(Br)cn2)nn1. The Balaban J connectivity index is 1.96. The zero-order valence-corrected chi connectivity index (χ0v) is 9.55. The number of rotatable bonds is 3. The molecule has 0 bridgehead atoms. The highest BCUT2D eigenvalue weighted by Crippen LogP contribution is 2.08. The lowest BCUT2D eigenvalue weighted by molar-refractivity contribution is 0.584. The van der Waals surface area contributed by atoms with Crippen LogP contribution in [0.5, 0.6) is 0 Å². The van der Waals surface area contributed by atoms with E-state index in [9.17, 15) is 0 Å². The largest absolute Gasteiger partial charge is 0.381 e. The van der Waals surface area contributed by atoms with Crippen LogP contribution in [0.2, 0.25) is 0 Å². The lowest BCUT2D eigenvalue weighted by Crippen LogP contribution is -2.03. The summed E-state index contributed by atoms with van der Waals surface area (Å²) in [6.45, 7) is 0.735. The molecule has 0 atom stereocenters. The van der Waals surface area contributed by atoms with Gasteiger partial charge in [-0.2, -0.15) is 0 Å². The molecule has 2 aromatic heterocycles. The van der Waals surface area contributed by atoms with Gasteiger partial charge in [0.05, 0.1) is 6.20 Å². The van der Waals surface area contributed by atoms with Gasteiger partial charge in [-0.25, -0.2) is 4.68 Å². The first-order valence-electron chi connectivity index (χ1n) is 4.50. The second kappa shape index (κ2) is 4.39. The van der Waals surface area contributed by atoms with Crippen LogP contribution in [0.15, 0.2) is 29.0 Å². The molecule has 0 amide bonds. The summed E-state index contributed by atoms with van der Waals surface area (Å²) in [4.78, 5) is 4.26. The lowest BCUT2D eigenvalue weighted by Gasteiger charge is -2.00. The lowest BCUT2D eigenvalue weighted by atomic mass is 10.3. The van der Waals surface area contributed by atoms with E-state index in [0.29, 0.717) is 5.82 Å². The Bertz CT molecular complexity index is 436. The second-order valence-corrected chi connectivity index (χ2v) is 4.04. The number of nitrogens with zero attached hydrogens (tertiary/aromatic N) is 4. The monoisotopic (exact) mass is 267 g/mol. The second-order valence-electron chi connectivity index (χ2n) is 3.12. The van der Waals surface area contributed by atoms with Crippen LogP contribution < -0.4 is 5.73 Å². The van der Waals surface area contributed by atoms with E-state index in [1.807, 2.05) is 12.1 Å².